The van der Waals surface area contributed by atoms with Crippen molar-refractivity contribution in [2.24, 2.45) is 0 Å². The zero-order chi connectivity index (χ0) is 10.7. The van der Waals surface area contributed by atoms with Gasteiger partial charge in [0.15, 0.2) is 0 Å². The molecule has 0 bridgehead atoms. The van der Waals surface area contributed by atoms with E-state index in [0.29, 0.717) is 0 Å². The molecule has 0 saturated heterocycles. The fourth-order valence-corrected chi connectivity index (χ4v) is 1.80. The molecule has 0 unspecified atom stereocenters. The van der Waals surface area contributed by atoms with Crippen molar-refractivity contribution in [3.8, 4) is 0 Å². The predicted molar refractivity (Wildman–Crippen MR) is 61.4 cm³/mol. The van der Waals surface area contributed by atoms with E-state index in [0.717, 1.165) is 36.3 Å². The van der Waals surface area contributed by atoms with Gasteiger partial charge in [0, 0.05) is 24.8 Å². The van der Waals surface area contributed by atoms with Crippen LogP contribution in [0.1, 0.15) is 12.0 Å². The molecule has 0 amide bonds. The number of hydrogen-bond donors (Lipinski definition) is 2. The Bertz CT molecular complexity index is 385. The van der Waals surface area contributed by atoms with Crippen molar-refractivity contribution in [3.63, 3.8) is 0 Å². The summed E-state index contributed by atoms with van der Waals surface area (Å²) in [4.78, 5) is 0. The molecule has 0 aliphatic carbocycles. The zero-order valence-electron chi connectivity index (χ0n) is 8.81. The van der Waals surface area contributed by atoms with Crippen LogP contribution < -0.4 is 10.6 Å². The first kappa shape index (κ1) is 10.2. The van der Waals surface area contributed by atoms with Gasteiger partial charge in [0.1, 0.15) is 5.82 Å². The zero-order valence-corrected chi connectivity index (χ0v) is 8.81. The Kier molecular flexibility index (Phi) is 3.02. The van der Waals surface area contributed by atoms with E-state index in [1.807, 2.05) is 12.1 Å². The lowest BCUT2D eigenvalue weighted by Gasteiger charge is -2.15. The maximum atomic E-state index is 13.7. The summed E-state index contributed by atoms with van der Waals surface area (Å²) in [6.45, 7) is 1.77. The van der Waals surface area contributed by atoms with E-state index in [1.165, 1.54) is 6.07 Å². The van der Waals surface area contributed by atoms with Crippen molar-refractivity contribution >= 4 is 11.3 Å². The fourth-order valence-electron chi connectivity index (χ4n) is 1.80. The average molecular weight is 206 g/mol. The predicted octanol–water partition coefficient (Wildman–Crippen LogP) is 2.24. The first-order valence-corrected chi connectivity index (χ1v) is 5.18. The largest absolute Gasteiger partial charge is 0.388 e. The van der Waals surface area contributed by atoms with Gasteiger partial charge in [-0.2, -0.15) is 0 Å². The summed E-state index contributed by atoms with van der Waals surface area (Å²) in [6.07, 6.45) is 2.96. The summed E-state index contributed by atoms with van der Waals surface area (Å²) in [5.41, 5.74) is 2.65. The van der Waals surface area contributed by atoms with Crippen molar-refractivity contribution in [3.05, 3.63) is 35.7 Å². The minimum Gasteiger partial charge on any atom is -0.388 e. The van der Waals surface area contributed by atoms with Gasteiger partial charge in [-0.05, 0) is 36.7 Å². The van der Waals surface area contributed by atoms with Gasteiger partial charge in [-0.1, -0.05) is 6.08 Å². The molecular formula is C12H15FN2. The van der Waals surface area contributed by atoms with E-state index in [4.69, 9.17) is 0 Å². The van der Waals surface area contributed by atoms with Crippen LogP contribution in [-0.2, 0) is 0 Å². The third-order valence-electron chi connectivity index (χ3n) is 2.67. The molecule has 2 nitrogen and oxygen atoms in total. The number of benzene rings is 1. The van der Waals surface area contributed by atoms with E-state index in [9.17, 15) is 4.39 Å². The van der Waals surface area contributed by atoms with E-state index in [2.05, 4.69) is 16.7 Å². The van der Waals surface area contributed by atoms with Crippen molar-refractivity contribution < 1.29 is 4.39 Å². The van der Waals surface area contributed by atoms with Crippen LogP contribution in [0.15, 0.2) is 24.3 Å². The van der Waals surface area contributed by atoms with E-state index < -0.39 is 0 Å². The monoisotopic (exact) mass is 206 g/mol. The lowest BCUT2D eigenvalue weighted by atomic mass is 9.99. The molecule has 3 heteroatoms. The molecule has 0 fully saturated rings. The van der Waals surface area contributed by atoms with Crippen molar-refractivity contribution in [1.29, 1.82) is 0 Å². The average Bonchev–Trinajstić information content (AvgIpc) is 2.30. The smallest absolute Gasteiger partial charge is 0.132 e. The Balaban J connectivity index is 2.32. The summed E-state index contributed by atoms with van der Waals surface area (Å²) in [7, 11) is 1.79. The van der Waals surface area contributed by atoms with Gasteiger partial charge < -0.3 is 10.6 Å². The Hall–Kier alpha value is -1.35. The highest BCUT2D eigenvalue weighted by atomic mass is 19.1. The molecule has 1 aromatic carbocycles. The summed E-state index contributed by atoms with van der Waals surface area (Å²) >= 11 is 0. The van der Waals surface area contributed by atoms with Crippen LogP contribution in [-0.4, -0.2) is 20.1 Å². The topological polar surface area (TPSA) is 24.1 Å². The van der Waals surface area contributed by atoms with Gasteiger partial charge in [0.2, 0.25) is 0 Å². The molecule has 1 aliphatic heterocycles. The van der Waals surface area contributed by atoms with Crippen molar-refractivity contribution in [1.82, 2.24) is 5.32 Å². The highest BCUT2D eigenvalue weighted by Gasteiger charge is 2.10. The molecular weight excluding hydrogens is 191 g/mol. The van der Waals surface area contributed by atoms with E-state index in [-0.39, 0.29) is 5.82 Å². The van der Waals surface area contributed by atoms with Gasteiger partial charge in [-0.3, -0.25) is 0 Å². The van der Waals surface area contributed by atoms with Crippen LogP contribution >= 0.6 is 0 Å². The quantitative estimate of drug-likeness (QED) is 0.775. The second-order valence-electron chi connectivity index (χ2n) is 3.63. The number of rotatable bonds is 2. The summed E-state index contributed by atoms with van der Waals surface area (Å²) in [5, 5.41) is 6.14. The highest BCUT2D eigenvalue weighted by molar-refractivity contribution is 5.68. The van der Waals surface area contributed by atoms with Gasteiger partial charge >= 0.3 is 0 Å². The van der Waals surface area contributed by atoms with E-state index in [1.54, 1.807) is 7.05 Å². The van der Waals surface area contributed by atoms with Gasteiger partial charge in [-0.15, -0.1) is 0 Å². The highest BCUT2D eigenvalue weighted by Crippen LogP contribution is 2.24. The third kappa shape index (κ3) is 2.18. The molecule has 0 saturated carbocycles. The molecule has 0 atom stereocenters. The third-order valence-corrected chi connectivity index (χ3v) is 2.67. The lowest BCUT2D eigenvalue weighted by molar-refractivity contribution is 0.621. The molecule has 1 heterocycles. The van der Waals surface area contributed by atoms with Crippen LogP contribution in [0.5, 0.6) is 0 Å². The minimum atomic E-state index is -0.144. The molecule has 0 aromatic heterocycles. The Morgan fingerprint density at radius 3 is 2.87 bits per heavy atom. The van der Waals surface area contributed by atoms with Crippen molar-refractivity contribution in [2.75, 3.05) is 25.5 Å². The van der Waals surface area contributed by atoms with Gasteiger partial charge in [-0.25, -0.2) is 4.39 Å². The van der Waals surface area contributed by atoms with Crippen LogP contribution in [0, 0.1) is 5.82 Å². The van der Waals surface area contributed by atoms with E-state index >= 15 is 0 Å². The number of anilines is 1. The normalized spacial score (nSPS) is 16.0. The molecule has 1 aromatic rings. The number of nitrogens with one attached hydrogen (secondary N) is 2. The Morgan fingerprint density at radius 1 is 1.40 bits per heavy atom. The van der Waals surface area contributed by atoms with Gasteiger partial charge in [0.25, 0.3) is 0 Å². The fraction of sp³-hybridized carbons (Fsp3) is 0.333. The lowest BCUT2D eigenvalue weighted by Crippen LogP contribution is -2.20. The summed E-state index contributed by atoms with van der Waals surface area (Å²) in [5.74, 6) is -0.144. The standard InChI is InChI=1S/C12H15FN2/c1-14-10-2-3-11(12(13)8-10)9-4-6-15-7-5-9/h2-4,8,14-15H,5-7H2,1H3. The maximum absolute atomic E-state index is 13.7. The Labute approximate surface area is 89.2 Å². The minimum absolute atomic E-state index is 0.144. The molecule has 15 heavy (non-hydrogen) atoms. The molecule has 2 rings (SSSR count). The second-order valence-corrected chi connectivity index (χ2v) is 3.63. The summed E-state index contributed by atoms with van der Waals surface area (Å²) in [6, 6.07) is 5.29. The number of hydrogen-bond acceptors (Lipinski definition) is 2. The Morgan fingerprint density at radius 2 is 2.27 bits per heavy atom. The maximum Gasteiger partial charge on any atom is 0.132 e. The molecule has 0 spiro atoms. The molecule has 80 valence electrons. The first-order chi connectivity index (χ1) is 7.31. The number of halogens is 1. The molecule has 1 aliphatic rings. The first-order valence-electron chi connectivity index (χ1n) is 5.18. The SMILES string of the molecule is CNc1ccc(C2=CCNCC2)c(F)c1. The van der Waals surface area contributed by atoms with Crippen molar-refractivity contribution in [2.45, 2.75) is 6.42 Å². The van der Waals surface area contributed by atoms with Crippen LogP contribution in [0.2, 0.25) is 0 Å². The summed E-state index contributed by atoms with van der Waals surface area (Å²) < 4.78 is 13.7. The second kappa shape index (κ2) is 4.45. The van der Waals surface area contributed by atoms with Crippen LogP contribution in [0.4, 0.5) is 10.1 Å². The van der Waals surface area contributed by atoms with Crippen LogP contribution in [0.25, 0.3) is 5.57 Å². The molecule has 0 radical (unpaired) electrons. The molecule has 2 N–H and O–H groups in total. The van der Waals surface area contributed by atoms with Gasteiger partial charge in [0.05, 0.1) is 0 Å². The van der Waals surface area contributed by atoms with Crippen LogP contribution in [0.3, 0.4) is 0 Å².